The molecule has 0 radical (unpaired) electrons. The van der Waals surface area contributed by atoms with Crippen LogP contribution in [0.1, 0.15) is 23.6 Å². The molecule has 2 amide bonds. The molecule has 1 fully saturated rings. The van der Waals surface area contributed by atoms with Gasteiger partial charge < -0.3 is 9.84 Å². The van der Waals surface area contributed by atoms with Gasteiger partial charge in [-0.15, -0.1) is 0 Å². The Morgan fingerprint density at radius 1 is 1.13 bits per heavy atom. The third-order valence-corrected chi connectivity index (χ3v) is 4.70. The second-order valence-electron chi connectivity index (χ2n) is 6.97. The van der Waals surface area contributed by atoms with E-state index < -0.39 is 23.9 Å². The lowest BCUT2D eigenvalue weighted by molar-refractivity contribution is -0.144. The quantitative estimate of drug-likeness (QED) is 0.435. The van der Waals surface area contributed by atoms with E-state index in [1.807, 2.05) is 32.0 Å². The van der Waals surface area contributed by atoms with Crippen molar-refractivity contribution < 1.29 is 24.2 Å². The van der Waals surface area contributed by atoms with Gasteiger partial charge in [0.2, 0.25) is 0 Å². The second-order valence-corrected chi connectivity index (χ2v) is 7.36. The summed E-state index contributed by atoms with van der Waals surface area (Å²) < 4.78 is 5.28. The molecule has 30 heavy (non-hydrogen) atoms. The lowest BCUT2D eigenvalue weighted by Crippen LogP contribution is -2.54. The zero-order valence-electron chi connectivity index (χ0n) is 16.6. The molecule has 2 N–H and O–H groups in total. The summed E-state index contributed by atoms with van der Waals surface area (Å²) in [5.74, 6) is -1.81. The van der Waals surface area contributed by atoms with Crippen molar-refractivity contribution in [1.82, 2.24) is 5.32 Å². The zero-order chi connectivity index (χ0) is 22.0. The number of rotatable bonds is 5. The minimum absolute atomic E-state index is 0.0264. The molecule has 1 saturated heterocycles. The van der Waals surface area contributed by atoms with Crippen LogP contribution in [0.4, 0.5) is 5.69 Å². The number of carboxylic acids is 1. The average molecular weight is 424 g/mol. The van der Waals surface area contributed by atoms with E-state index in [1.165, 1.54) is 17.9 Å². The van der Waals surface area contributed by atoms with E-state index >= 15 is 0 Å². The number of ether oxygens (including phenoxy) is 1. The first-order valence-electron chi connectivity index (χ1n) is 9.15. The molecule has 1 aliphatic heterocycles. The number of aryl methyl sites for hydroxylation is 2. The number of aliphatic carboxylic acids is 1. The Morgan fingerprint density at radius 3 is 2.30 bits per heavy atom. The predicted molar refractivity (Wildman–Crippen MR) is 116 cm³/mol. The Kier molecular flexibility index (Phi) is 5.98. The van der Waals surface area contributed by atoms with Crippen LogP contribution in [0, 0.1) is 13.8 Å². The summed E-state index contributed by atoms with van der Waals surface area (Å²) in [6.45, 7) is 5.25. The summed E-state index contributed by atoms with van der Waals surface area (Å²) >= 11 is 5.23. The Morgan fingerprint density at radius 2 is 1.73 bits per heavy atom. The number of nitrogens with zero attached hydrogens (tertiary/aromatic N) is 1. The van der Waals surface area contributed by atoms with Crippen LogP contribution < -0.4 is 15.0 Å². The molecule has 1 heterocycles. The van der Waals surface area contributed by atoms with Gasteiger partial charge >= 0.3 is 5.97 Å². The van der Waals surface area contributed by atoms with Crippen molar-refractivity contribution in [3.63, 3.8) is 0 Å². The van der Waals surface area contributed by atoms with Gasteiger partial charge in [-0.05, 0) is 80.0 Å². The summed E-state index contributed by atoms with van der Waals surface area (Å²) in [5.41, 5.74) is 3.04. The van der Waals surface area contributed by atoms with E-state index in [-0.39, 0.29) is 10.7 Å². The highest BCUT2D eigenvalue weighted by Gasteiger charge is 2.34. The number of benzene rings is 2. The van der Waals surface area contributed by atoms with Gasteiger partial charge in [-0.3, -0.25) is 19.8 Å². The predicted octanol–water partition coefficient (Wildman–Crippen LogP) is 2.99. The second kappa shape index (κ2) is 8.46. The van der Waals surface area contributed by atoms with Crippen molar-refractivity contribution in [2.75, 3.05) is 4.90 Å². The molecule has 0 unspecified atom stereocenters. The van der Waals surface area contributed by atoms with E-state index in [0.717, 1.165) is 11.1 Å². The van der Waals surface area contributed by atoms with E-state index in [2.05, 4.69) is 5.32 Å². The van der Waals surface area contributed by atoms with Crippen LogP contribution in [-0.2, 0) is 14.4 Å². The van der Waals surface area contributed by atoms with Gasteiger partial charge in [0.1, 0.15) is 11.3 Å². The van der Waals surface area contributed by atoms with Gasteiger partial charge in [0.25, 0.3) is 11.8 Å². The standard InChI is InChI=1S/C22H20N2O5S/c1-12-8-13(2)10-16(9-12)24-20(26)18(19(25)23-22(24)30)11-15-4-6-17(7-5-15)29-14(3)21(27)28/h4-11,14H,1-3H3,(H,27,28)(H,23,25,30)/b18-11-/t14-/m0/s1. The molecule has 3 rings (SSSR count). The molecular formula is C22H20N2O5S. The number of carbonyl (C=O) groups excluding carboxylic acids is 2. The van der Waals surface area contributed by atoms with Gasteiger partial charge in [-0.25, -0.2) is 4.79 Å². The maximum Gasteiger partial charge on any atom is 0.344 e. The Balaban J connectivity index is 1.90. The molecule has 0 aliphatic carbocycles. The van der Waals surface area contributed by atoms with Crippen LogP contribution in [0.3, 0.4) is 0 Å². The highest BCUT2D eigenvalue weighted by atomic mass is 32.1. The molecule has 1 aliphatic rings. The molecule has 1 atom stereocenters. The number of amides is 2. The highest BCUT2D eigenvalue weighted by Crippen LogP contribution is 2.25. The molecule has 7 nitrogen and oxygen atoms in total. The summed E-state index contributed by atoms with van der Waals surface area (Å²) in [6, 6.07) is 12.0. The van der Waals surface area contributed by atoms with Crippen molar-refractivity contribution in [2.45, 2.75) is 26.9 Å². The first-order chi connectivity index (χ1) is 14.2. The van der Waals surface area contributed by atoms with Crippen molar-refractivity contribution in [3.8, 4) is 5.75 Å². The number of carboxylic acid groups (broad SMARTS) is 1. The number of carbonyl (C=O) groups is 3. The minimum Gasteiger partial charge on any atom is -0.479 e. The molecule has 2 aromatic rings. The monoisotopic (exact) mass is 424 g/mol. The number of hydrogen-bond acceptors (Lipinski definition) is 5. The number of hydrogen-bond donors (Lipinski definition) is 2. The average Bonchev–Trinajstić information content (AvgIpc) is 2.65. The first-order valence-corrected chi connectivity index (χ1v) is 9.56. The van der Waals surface area contributed by atoms with Crippen molar-refractivity contribution in [1.29, 1.82) is 0 Å². The van der Waals surface area contributed by atoms with Crippen LogP contribution in [0.2, 0.25) is 0 Å². The summed E-state index contributed by atoms with van der Waals surface area (Å²) in [6.07, 6.45) is 0.465. The molecule has 2 aromatic carbocycles. The van der Waals surface area contributed by atoms with Crippen LogP contribution in [0.15, 0.2) is 48.0 Å². The SMILES string of the molecule is Cc1cc(C)cc(N2C(=O)/C(=C\c3ccc(O[C@@H](C)C(=O)O)cc3)C(=O)NC2=S)c1. The number of thiocarbonyl (C=S) groups is 1. The fourth-order valence-electron chi connectivity index (χ4n) is 3.04. The maximum atomic E-state index is 13.1. The maximum absolute atomic E-state index is 13.1. The van der Waals surface area contributed by atoms with Crippen molar-refractivity contribution in [2.24, 2.45) is 0 Å². The Bertz CT molecular complexity index is 1060. The Hall–Kier alpha value is -3.52. The topological polar surface area (TPSA) is 95.9 Å². The van der Waals surface area contributed by atoms with Crippen molar-refractivity contribution >= 4 is 46.9 Å². The van der Waals surface area contributed by atoms with Crippen LogP contribution in [0.25, 0.3) is 6.08 Å². The van der Waals surface area contributed by atoms with Crippen molar-refractivity contribution in [3.05, 3.63) is 64.7 Å². The van der Waals surface area contributed by atoms with Gasteiger partial charge in [0.05, 0.1) is 5.69 Å². The zero-order valence-corrected chi connectivity index (χ0v) is 17.4. The minimum atomic E-state index is -1.08. The van der Waals surface area contributed by atoms with E-state index in [9.17, 15) is 14.4 Å². The van der Waals surface area contributed by atoms with Crippen LogP contribution in [0.5, 0.6) is 5.75 Å². The molecule has 0 saturated carbocycles. The molecule has 8 heteroatoms. The smallest absolute Gasteiger partial charge is 0.344 e. The third kappa shape index (κ3) is 4.55. The van der Waals surface area contributed by atoms with E-state index in [0.29, 0.717) is 17.0 Å². The van der Waals surface area contributed by atoms with Crippen LogP contribution in [-0.4, -0.2) is 34.1 Å². The number of nitrogens with one attached hydrogen (secondary N) is 1. The summed E-state index contributed by atoms with van der Waals surface area (Å²) in [5, 5.41) is 11.5. The molecular weight excluding hydrogens is 404 g/mol. The number of anilines is 1. The van der Waals surface area contributed by atoms with E-state index in [4.69, 9.17) is 22.1 Å². The van der Waals surface area contributed by atoms with Crippen LogP contribution >= 0.6 is 12.2 Å². The molecule has 0 spiro atoms. The van der Waals surface area contributed by atoms with E-state index in [1.54, 1.807) is 24.3 Å². The summed E-state index contributed by atoms with van der Waals surface area (Å²) in [7, 11) is 0. The third-order valence-electron chi connectivity index (χ3n) is 4.42. The molecule has 154 valence electrons. The lowest BCUT2D eigenvalue weighted by Gasteiger charge is -2.29. The fourth-order valence-corrected chi connectivity index (χ4v) is 3.32. The van der Waals surface area contributed by atoms with Gasteiger partial charge in [-0.2, -0.15) is 0 Å². The van der Waals surface area contributed by atoms with Gasteiger partial charge in [0, 0.05) is 0 Å². The van der Waals surface area contributed by atoms with Gasteiger partial charge in [0.15, 0.2) is 11.2 Å². The first kappa shape index (κ1) is 21.2. The normalized spacial score (nSPS) is 16.4. The summed E-state index contributed by atoms with van der Waals surface area (Å²) in [4.78, 5) is 37.7. The lowest BCUT2D eigenvalue weighted by atomic mass is 10.1. The molecule has 0 bridgehead atoms. The largest absolute Gasteiger partial charge is 0.479 e. The highest BCUT2D eigenvalue weighted by molar-refractivity contribution is 7.80. The van der Waals surface area contributed by atoms with Gasteiger partial charge in [-0.1, -0.05) is 18.2 Å². The molecule has 0 aromatic heterocycles. The fraction of sp³-hybridized carbons (Fsp3) is 0.182. The Labute approximate surface area is 179 Å².